The summed E-state index contributed by atoms with van der Waals surface area (Å²) in [5.41, 5.74) is 2.41. The summed E-state index contributed by atoms with van der Waals surface area (Å²) in [6, 6.07) is 9.48. The van der Waals surface area contributed by atoms with Crippen molar-refractivity contribution in [3.05, 3.63) is 58.2 Å². The van der Waals surface area contributed by atoms with Gasteiger partial charge in [0.05, 0.1) is 22.6 Å². The van der Waals surface area contributed by atoms with Crippen molar-refractivity contribution in [3.63, 3.8) is 0 Å². The number of nitrogens with zero attached hydrogens (tertiary/aromatic N) is 2. The van der Waals surface area contributed by atoms with Gasteiger partial charge in [0.2, 0.25) is 0 Å². The average molecular weight is 268 g/mol. The van der Waals surface area contributed by atoms with Gasteiger partial charge in [-0.25, -0.2) is 4.98 Å². The van der Waals surface area contributed by atoms with Crippen LogP contribution in [-0.2, 0) is 6.42 Å². The van der Waals surface area contributed by atoms with Crippen LogP contribution in [0.5, 0.6) is 0 Å². The minimum atomic E-state index is 0.0869. The maximum atomic E-state index is 12.4. The van der Waals surface area contributed by atoms with Gasteiger partial charge in [-0.15, -0.1) is 11.3 Å². The van der Waals surface area contributed by atoms with E-state index in [1.165, 1.54) is 0 Å². The highest BCUT2D eigenvalue weighted by Crippen LogP contribution is 2.18. The number of Topliss-reactive ketones (excluding diaryl/α,β-unsaturated/α-hetero) is 1. The van der Waals surface area contributed by atoms with Crippen molar-refractivity contribution >= 4 is 28.0 Å². The van der Waals surface area contributed by atoms with Crippen molar-refractivity contribution in [2.45, 2.75) is 13.3 Å². The minimum absolute atomic E-state index is 0.0869. The summed E-state index contributed by atoms with van der Waals surface area (Å²) in [4.78, 5) is 21.0. The van der Waals surface area contributed by atoms with Crippen molar-refractivity contribution in [2.75, 3.05) is 0 Å². The number of para-hydroxylation sites is 1. The molecule has 2 heterocycles. The number of aromatic nitrogens is 2. The monoisotopic (exact) mass is 268 g/mol. The Morgan fingerprint density at radius 3 is 2.89 bits per heavy atom. The molecule has 0 aliphatic heterocycles. The number of carbonyl (C=O) groups excluding carboxylic acids is 1. The third-order valence-corrected chi connectivity index (χ3v) is 3.78. The van der Waals surface area contributed by atoms with Crippen LogP contribution in [0, 0.1) is 6.92 Å². The van der Waals surface area contributed by atoms with E-state index >= 15 is 0 Å². The molecule has 0 spiro atoms. The summed E-state index contributed by atoms with van der Waals surface area (Å²) < 4.78 is 0. The molecule has 3 rings (SSSR count). The first kappa shape index (κ1) is 12.0. The van der Waals surface area contributed by atoms with Crippen molar-refractivity contribution in [1.82, 2.24) is 9.97 Å². The molecule has 0 saturated heterocycles. The van der Waals surface area contributed by atoms with Gasteiger partial charge in [0.25, 0.3) is 0 Å². The van der Waals surface area contributed by atoms with Gasteiger partial charge in [-0.05, 0) is 19.1 Å². The number of hydrogen-bond donors (Lipinski definition) is 0. The molecule has 4 heteroatoms. The number of hydrogen-bond acceptors (Lipinski definition) is 4. The average Bonchev–Trinajstić information content (AvgIpc) is 2.83. The Morgan fingerprint density at radius 1 is 1.26 bits per heavy atom. The summed E-state index contributed by atoms with van der Waals surface area (Å²) >= 11 is 1.57. The standard InChI is InChI=1S/C15H12N2OS/c1-10-17-11(9-19-10)8-15(18)13-6-7-16-14-5-3-2-4-12(13)14/h2-7,9H,8H2,1H3. The van der Waals surface area contributed by atoms with Gasteiger partial charge in [-0.2, -0.15) is 0 Å². The summed E-state index contributed by atoms with van der Waals surface area (Å²) in [5, 5.41) is 3.83. The number of pyridine rings is 1. The molecule has 2 aromatic heterocycles. The molecule has 0 aliphatic rings. The molecule has 0 radical (unpaired) electrons. The topological polar surface area (TPSA) is 42.9 Å². The fourth-order valence-electron chi connectivity index (χ4n) is 2.09. The third-order valence-electron chi connectivity index (χ3n) is 2.96. The predicted octanol–water partition coefficient (Wildman–Crippen LogP) is 3.43. The molecule has 3 nitrogen and oxygen atoms in total. The highest BCUT2D eigenvalue weighted by atomic mass is 32.1. The molecule has 0 saturated carbocycles. The van der Waals surface area contributed by atoms with Gasteiger partial charge in [-0.1, -0.05) is 18.2 Å². The van der Waals surface area contributed by atoms with Crippen molar-refractivity contribution in [1.29, 1.82) is 0 Å². The maximum absolute atomic E-state index is 12.4. The zero-order chi connectivity index (χ0) is 13.2. The Bertz CT molecular complexity index is 743. The third kappa shape index (κ3) is 2.39. The van der Waals surface area contributed by atoms with Gasteiger partial charge in [-0.3, -0.25) is 9.78 Å². The van der Waals surface area contributed by atoms with Crippen LogP contribution in [-0.4, -0.2) is 15.8 Å². The summed E-state index contributed by atoms with van der Waals surface area (Å²) in [7, 11) is 0. The van der Waals surface area contributed by atoms with Gasteiger partial charge < -0.3 is 0 Å². The van der Waals surface area contributed by atoms with E-state index in [4.69, 9.17) is 0 Å². The molecule has 94 valence electrons. The largest absolute Gasteiger partial charge is 0.294 e. The first-order valence-electron chi connectivity index (χ1n) is 6.02. The molecular weight excluding hydrogens is 256 g/mol. The van der Waals surface area contributed by atoms with Crippen LogP contribution >= 0.6 is 11.3 Å². The van der Waals surface area contributed by atoms with Crippen molar-refractivity contribution in [2.24, 2.45) is 0 Å². The molecule has 0 amide bonds. The van der Waals surface area contributed by atoms with Gasteiger partial charge in [0.1, 0.15) is 0 Å². The molecule has 0 unspecified atom stereocenters. The summed E-state index contributed by atoms with van der Waals surface area (Å²) in [6.45, 7) is 1.94. The van der Waals surface area contributed by atoms with E-state index in [-0.39, 0.29) is 5.78 Å². The van der Waals surface area contributed by atoms with Crippen LogP contribution in [0.4, 0.5) is 0 Å². The quantitative estimate of drug-likeness (QED) is 0.683. The number of fused-ring (bicyclic) bond motifs is 1. The SMILES string of the molecule is Cc1nc(CC(=O)c2ccnc3ccccc23)cs1. The van der Waals surface area contributed by atoms with Crippen LogP contribution in [0.15, 0.2) is 41.9 Å². The molecule has 0 bridgehead atoms. The smallest absolute Gasteiger partial charge is 0.169 e. The van der Waals surface area contributed by atoms with E-state index in [2.05, 4.69) is 9.97 Å². The Morgan fingerprint density at radius 2 is 2.11 bits per heavy atom. The van der Waals surface area contributed by atoms with E-state index in [1.54, 1.807) is 23.6 Å². The van der Waals surface area contributed by atoms with Crippen LogP contribution in [0.2, 0.25) is 0 Å². The second-order valence-corrected chi connectivity index (χ2v) is 5.40. The maximum Gasteiger partial charge on any atom is 0.169 e. The van der Waals surface area contributed by atoms with Crippen LogP contribution in [0.3, 0.4) is 0 Å². The lowest BCUT2D eigenvalue weighted by Crippen LogP contribution is -2.05. The van der Waals surface area contributed by atoms with Crippen LogP contribution < -0.4 is 0 Å². The number of rotatable bonds is 3. The van der Waals surface area contributed by atoms with Crippen LogP contribution in [0.1, 0.15) is 21.1 Å². The van der Waals surface area contributed by atoms with Gasteiger partial charge in [0, 0.05) is 22.5 Å². The Kier molecular flexibility index (Phi) is 3.09. The van der Waals surface area contributed by atoms with E-state index < -0.39 is 0 Å². The van der Waals surface area contributed by atoms with Gasteiger partial charge in [0.15, 0.2) is 5.78 Å². The first-order chi connectivity index (χ1) is 9.24. The molecule has 0 atom stereocenters. The molecule has 0 fully saturated rings. The van der Waals surface area contributed by atoms with E-state index in [0.29, 0.717) is 6.42 Å². The van der Waals surface area contributed by atoms with E-state index in [1.807, 2.05) is 36.6 Å². The molecular formula is C15H12N2OS. The number of ketones is 1. The Balaban J connectivity index is 1.97. The Hall–Kier alpha value is -2.07. The fraction of sp³-hybridized carbons (Fsp3) is 0.133. The normalized spacial score (nSPS) is 10.8. The van der Waals surface area contributed by atoms with E-state index in [0.717, 1.165) is 27.2 Å². The molecule has 19 heavy (non-hydrogen) atoms. The molecule has 0 aliphatic carbocycles. The lowest BCUT2D eigenvalue weighted by Gasteiger charge is -2.03. The predicted molar refractivity (Wildman–Crippen MR) is 76.6 cm³/mol. The fourth-order valence-corrected chi connectivity index (χ4v) is 2.70. The number of aryl methyl sites for hydroxylation is 1. The second kappa shape index (κ2) is 4.90. The molecule has 1 aromatic carbocycles. The second-order valence-electron chi connectivity index (χ2n) is 4.33. The summed E-state index contributed by atoms with van der Waals surface area (Å²) in [5.74, 6) is 0.0869. The number of benzene rings is 1. The highest BCUT2D eigenvalue weighted by molar-refractivity contribution is 7.09. The van der Waals surface area contributed by atoms with E-state index in [9.17, 15) is 4.79 Å². The lowest BCUT2D eigenvalue weighted by atomic mass is 10.0. The van der Waals surface area contributed by atoms with Crippen LogP contribution in [0.25, 0.3) is 10.9 Å². The summed E-state index contributed by atoms with van der Waals surface area (Å²) in [6.07, 6.45) is 2.03. The Labute approximate surface area is 115 Å². The van der Waals surface area contributed by atoms with Gasteiger partial charge >= 0.3 is 0 Å². The zero-order valence-corrected chi connectivity index (χ0v) is 11.3. The van der Waals surface area contributed by atoms with Crippen molar-refractivity contribution in [3.8, 4) is 0 Å². The number of carbonyl (C=O) groups is 1. The number of thiazole rings is 1. The molecule has 0 N–H and O–H groups in total. The molecule has 3 aromatic rings. The highest BCUT2D eigenvalue weighted by Gasteiger charge is 2.12. The first-order valence-corrected chi connectivity index (χ1v) is 6.90. The minimum Gasteiger partial charge on any atom is -0.294 e. The lowest BCUT2D eigenvalue weighted by molar-refractivity contribution is 0.0993. The van der Waals surface area contributed by atoms with Crippen molar-refractivity contribution < 1.29 is 4.79 Å². The zero-order valence-electron chi connectivity index (χ0n) is 10.5.